The number of hydrogen-bond donors (Lipinski definition) is 2. The Hall–Kier alpha value is -2.78. The zero-order valence-electron chi connectivity index (χ0n) is 16.1. The molecule has 3 heterocycles. The van der Waals surface area contributed by atoms with Crippen LogP contribution in [0.1, 0.15) is 11.1 Å². The monoisotopic (exact) mass is 483 g/mol. The van der Waals surface area contributed by atoms with E-state index < -0.39 is 0 Å². The lowest BCUT2D eigenvalue weighted by Gasteiger charge is -2.08. The zero-order chi connectivity index (χ0) is 20.7. The third kappa shape index (κ3) is 3.59. The van der Waals surface area contributed by atoms with Gasteiger partial charge in [0.1, 0.15) is 5.52 Å². The summed E-state index contributed by atoms with van der Waals surface area (Å²) in [7, 11) is 0. The van der Waals surface area contributed by atoms with Gasteiger partial charge in [0.25, 0.3) is 0 Å². The number of halogens is 1. The molecule has 0 amide bonds. The van der Waals surface area contributed by atoms with Crippen LogP contribution in [-0.2, 0) is 13.0 Å². The molecule has 0 fully saturated rings. The highest BCUT2D eigenvalue weighted by Gasteiger charge is 2.18. The van der Waals surface area contributed by atoms with Crippen molar-refractivity contribution < 1.29 is 9.47 Å². The molecule has 0 saturated heterocycles. The molecule has 2 N–H and O–H groups in total. The van der Waals surface area contributed by atoms with Crippen molar-refractivity contribution in [3.8, 4) is 11.5 Å². The molecule has 0 spiro atoms. The van der Waals surface area contributed by atoms with Gasteiger partial charge in [-0.25, -0.2) is 9.97 Å². The van der Waals surface area contributed by atoms with Gasteiger partial charge in [0.05, 0.1) is 6.33 Å². The summed E-state index contributed by atoms with van der Waals surface area (Å²) in [4.78, 5) is 13.2. The number of H-pyrrole nitrogens is 1. The highest BCUT2D eigenvalue weighted by molar-refractivity contribution is 9.10. The molecule has 0 aliphatic carbocycles. The van der Waals surface area contributed by atoms with E-state index in [1.54, 1.807) is 6.33 Å². The van der Waals surface area contributed by atoms with Crippen LogP contribution >= 0.6 is 27.7 Å². The molecule has 0 unspecified atom stereocenters. The number of fused-ring (bicyclic) bond motifs is 2. The second-order valence-corrected chi connectivity index (χ2v) is 8.83. The number of aromatic amines is 1. The first-order valence-electron chi connectivity index (χ1n) is 9.40. The Kier molecular flexibility index (Phi) is 5.00. The highest BCUT2D eigenvalue weighted by atomic mass is 79.9. The van der Waals surface area contributed by atoms with E-state index in [1.165, 1.54) is 22.9 Å². The molecule has 1 aliphatic heterocycles. The predicted octanol–water partition coefficient (Wildman–Crippen LogP) is 4.43. The Labute approximate surface area is 185 Å². The minimum absolute atomic E-state index is 0.182. The Morgan fingerprint density at radius 1 is 1.23 bits per heavy atom. The lowest BCUT2D eigenvalue weighted by Crippen LogP contribution is -2.13. The van der Waals surface area contributed by atoms with Crippen molar-refractivity contribution in [3.05, 3.63) is 63.8 Å². The van der Waals surface area contributed by atoms with Crippen LogP contribution in [-0.4, -0.2) is 26.3 Å². The first-order chi connectivity index (χ1) is 14.6. The second-order valence-electron chi connectivity index (χ2n) is 6.94. The first-order valence-corrected chi connectivity index (χ1v) is 11.0. The van der Waals surface area contributed by atoms with Gasteiger partial charge in [-0.15, -0.1) is 0 Å². The van der Waals surface area contributed by atoms with Crippen molar-refractivity contribution >= 4 is 38.9 Å². The van der Waals surface area contributed by atoms with Gasteiger partial charge >= 0.3 is 0 Å². The van der Waals surface area contributed by atoms with Crippen molar-refractivity contribution in [1.29, 1.82) is 5.41 Å². The average molecular weight is 484 g/mol. The van der Waals surface area contributed by atoms with E-state index in [1.807, 2.05) is 22.8 Å². The number of aromatic nitrogens is 4. The third-order valence-corrected chi connectivity index (χ3v) is 6.88. The van der Waals surface area contributed by atoms with E-state index in [9.17, 15) is 0 Å². The van der Waals surface area contributed by atoms with Crippen molar-refractivity contribution in [2.45, 2.75) is 29.9 Å². The lowest BCUT2D eigenvalue weighted by molar-refractivity contribution is 0.174. The Balaban J connectivity index is 1.45. The molecular formula is C21H18BrN5O2S. The minimum atomic E-state index is 0.182. The van der Waals surface area contributed by atoms with Crippen LogP contribution in [0, 0.1) is 12.3 Å². The third-order valence-electron chi connectivity index (χ3n) is 5.02. The number of benzene rings is 2. The maximum atomic E-state index is 8.18. The molecule has 0 atom stereocenters. The van der Waals surface area contributed by atoms with Gasteiger partial charge in [0.2, 0.25) is 6.79 Å². The van der Waals surface area contributed by atoms with Gasteiger partial charge in [-0.3, -0.25) is 5.41 Å². The Bertz CT molecular complexity index is 1320. The molecule has 0 bridgehead atoms. The molecule has 2 aromatic heterocycles. The van der Waals surface area contributed by atoms with Crippen LogP contribution in [0.25, 0.3) is 11.2 Å². The molecule has 4 aromatic rings. The number of nitrogens with one attached hydrogen (secondary N) is 2. The van der Waals surface area contributed by atoms with Crippen molar-refractivity contribution in [1.82, 2.24) is 19.5 Å². The second kappa shape index (κ2) is 7.81. The number of aryl methyl sites for hydroxylation is 3. The first kappa shape index (κ1) is 19.2. The fourth-order valence-electron chi connectivity index (χ4n) is 3.39. The molecule has 9 heteroatoms. The van der Waals surface area contributed by atoms with E-state index in [0.717, 1.165) is 33.7 Å². The highest BCUT2D eigenvalue weighted by Crippen LogP contribution is 2.42. The molecule has 30 heavy (non-hydrogen) atoms. The summed E-state index contributed by atoms with van der Waals surface area (Å²) in [6.07, 6.45) is 2.56. The summed E-state index contributed by atoms with van der Waals surface area (Å²) in [6.45, 7) is 3.08. The maximum Gasteiger partial charge on any atom is 0.231 e. The summed E-state index contributed by atoms with van der Waals surface area (Å²) < 4.78 is 13.8. The minimum Gasteiger partial charge on any atom is -0.454 e. The van der Waals surface area contributed by atoms with Crippen LogP contribution < -0.4 is 15.0 Å². The molecule has 1 aliphatic rings. The molecule has 7 nitrogen and oxygen atoms in total. The Morgan fingerprint density at radius 3 is 2.87 bits per heavy atom. The molecule has 0 saturated carbocycles. The van der Waals surface area contributed by atoms with Gasteiger partial charge in [-0.1, -0.05) is 36.0 Å². The number of ether oxygens (including phenoxy) is 2. The molecular weight excluding hydrogens is 466 g/mol. The topological polar surface area (TPSA) is 88.8 Å². The van der Waals surface area contributed by atoms with Crippen molar-refractivity contribution in [2.24, 2.45) is 0 Å². The van der Waals surface area contributed by atoms with Crippen molar-refractivity contribution in [3.63, 3.8) is 0 Å². The fraction of sp³-hybridized carbons (Fsp3) is 0.190. The summed E-state index contributed by atoms with van der Waals surface area (Å²) in [5, 5.41) is 8.87. The number of imidazole rings is 1. The van der Waals surface area contributed by atoms with Gasteiger partial charge < -0.3 is 19.0 Å². The fourth-order valence-corrected chi connectivity index (χ4v) is 4.77. The van der Waals surface area contributed by atoms with E-state index in [4.69, 9.17) is 19.9 Å². The SMILES string of the molecule is Cc1ccccc1CCn1cnc(=N)c2[nH]c(Sc3cc4c(cc3Br)OCO4)nc21. The average Bonchev–Trinajstić information content (AvgIpc) is 3.36. The standard InChI is InChI=1S/C21H18BrN5O2S/c1-12-4-2-3-5-13(12)6-7-27-10-24-19(23)18-20(27)26-21(25-18)30-17-9-16-15(8-14(17)22)28-11-29-16/h2-5,8-10,23H,6-7,11H2,1H3,(H,25,26). The van der Waals surface area contributed by atoms with Crippen LogP contribution in [0.2, 0.25) is 0 Å². The van der Waals surface area contributed by atoms with E-state index in [2.05, 4.69) is 51.0 Å². The summed E-state index contributed by atoms with van der Waals surface area (Å²) in [6, 6.07) is 12.2. The number of hydrogen-bond acceptors (Lipinski definition) is 6. The van der Waals surface area contributed by atoms with Crippen LogP contribution in [0.5, 0.6) is 11.5 Å². The summed E-state index contributed by atoms with van der Waals surface area (Å²) in [5.41, 5.74) is 4.10. The molecule has 2 aromatic carbocycles. The summed E-state index contributed by atoms with van der Waals surface area (Å²) in [5.74, 6) is 1.44. The smallest absolute Gasteiger partial charge is 0.231 e. The van der Waals surface area contributed by atoms with Crippen LogP contribution in [0.3, 0.4) is 0 Å². The van der Waals surface area contributed by atoms with Crippen molar-refractivity contribution in [2.75, 3.05) is 6.79 Å². The zero-order valence-corrected chi connectivity index (χ0v) is 18.5. The molecule has 0 radical (unpaired) electrons. The van der Waals surface area contributed by atoms with E-state index >= 15 is 0 Å². The largest absolute Gasteiger partial charge is 0.454 e. The number of rotatable bonds is 5. The maximum absolute atomic E-state index is 8.18. The Morgan fingerprint density at radius 2 is 2.03 bits per heavy atom. The molecule has 152 valence electrons. The number of nitrogens with zero attached hydrogens (tertiary/aromatic N) is 3. The van der Waals surface area contributed by atoms with Gasteiger partial charge in [-0.2, -0.15) is 0 Å². The van der Waals surface area contributed by atoms with Crippen LogP contribution in [0.15, 0.2) is 57.3 Å². The van der Waals surface area contributed by atoms with E-state index in [-0.39, 0.29) is 12.3 Å². The predicted molar refractivity (Wildman–Crippen MR) is 117 cm³/mol. The van der Waals surface area contributed by atoms with Gasteiger partial charge in [0.15, 0.2) is 27.8 Å². The van der Waals surface area contributed by atoms with Crippen LogP contribution in [0.4, 0.5) is 0 Å². The summed E-state index contributed by atoms with van der Waals surface area (Å²) >= 11 is 5.05. The molecule has 5 rings (SSSR count). The van der Waals surface area contributed by atoms with Gasteiger partial charge in [-0.05, 0) is 52.5 Å². The quantitative estimate of drug-likeness (QED) is 0.438. The lowest BCUT2D eigenvalue weighted by atomic mass is 10.1. The normalized spacial score (nSPS) is 12.6. The van der Waals surface area contributed by atoms with Gasteiger partial charge in [0, 0.05) is 15.9 Å². The van der Waals surface area contributed by atoms with E-state index in [0.29, 0.717) is 16.4 Å².